The van der Waals surface area contributed by atoms with Crippen molar-refractivity contribution in [1.82, 2.24) is 4.90 Å². The van der Waals surface area contributed by atoms with Gasteiger partial charge in [-0.15, -0.1) is 0 Å². The van der Waals surface area contributed by atoms with E-state index in [1.807, 2.05) is 13.8 Å². The van der Waals surface area contributed by atoms with E-state index in [0.29, 0.717) is 13.1 Å². The zero-order valence-corrected chi connectivity index (χ0v) is 10.0. The summed E-state index contributed by atoms with van der Waals surface area (Å²) in [4.78, 5) is 23.3. The van der Waals surface area contributed by atoms with Crippen molar-refractivity contribution in [2.24, 2.45) is 0 Å². The van der Waals surface area contributed by atoms with Gasteiger partial charge in [0, 0.05) is 13.1 Å². The van der Waals surface area contributed by atoms with Gasteiger partial charge in [0.05, 0.1) is 6.07 Å². The smallest absolute Gasteiger partial charge is 0.395 e. The van der Waals surface area contributed by atoms with Crippen molar-refractivity contribution in [2.45, 2.75) is 26.7 Å². The second-order valence-corrected chi connectivity index (χ2v) is 3.63. The van der Waals surface area contributed by atoms with Gasteiger partial charge in [-0.25, -0.2) is 0 Å². The second kappa shape index (κ2) is 6.03. The average Bonchev–Trinajstić information content (AvgIpc) is 2.79. The summed E-state index contributed by atoms with van der Waals surface area (Å²) >= 11 is 0. The molecule has 1 aromatic rings. The molecule has 0 atom stereocenters. The Morgan fingerprint density at radius 2 is 2.18 bits per heavy atom. The van der Waals surface area contributed by atoms with Crippen LogP contribution in [0.3, 0.4) is 0 Å². The largest absolute Gasteiger partial charge is 0.433 e. The summed E-state index contributed by atoms with van der Waals surface area (Å²) in [6, 6.07) is 2.54. The van der Waals surface area contributed by atoms with Gasteiger partial charge in [-0.3, -0.25) is 14.9 Å². The van der Waals surface area contributed by atoms with Crippen LogP contribution in [0.25, 0.3) is 0 Å². The maximum Gasteiger partial charge on any atom is 0.433 e. The molecule has 0 saturated heterocycles. The van der Waals surface area contributed by atoms with Gasteiger partial charge in [-0.05, 0) is 19.4 Å². The van der Waals surface area contributed by atoms with Crippen molar-refractivity contribution in [3.05, 3.63) is 28.0 Å². The van der Waals surface area contributed by atoms with Crippen LogP contribution in [0.2, 0.25) is 0 Å². The molecule has 0 aliphatic heterocycles. The monoisotopic (exact) mass is 240 g/mol. The number of unbranched alkanes of at least 4 members (excludes halogenated alkanes) is 1. The Labute approximate surface area is 99.4 Å². The fraction of sp³-hybridized carbons (Fsp3) is 0.545. The van der Waals surface area contributed by atoms with Gasteiger partial charge in [0.25, 0.3) is 5.91 Å². The highest BCUT2D eigenvalue weighted by atomic mass is 16.6. The summed E-state index contributed by atoms with van der Waals surface area (Å²) in [6.07, 6.45) is 1.89. The van der Waals surface area contributed by atoms with Crippen LogP contribution in [0.1, 0.15) is 37.2 Å². The van der Waals surface area contributed by atoms with Crippen molar-refractivity contribution < 1.29 is 14.1 Å². The van der Waals surface area contributed by atoms with Gasteiger partial charge in [-0.1, -0.05) is 13.3 Å². The van der Waals surface area contributed by atoms with Crippen LogP contribution in [0.15, 0.2) is 16.5 Å². The predicted molar refractivity (Wildman–Crippen MR) is 61.8 cm³/mol. The Bertz CT molecular complexity index is 400. The molecule has 1 rings (SSSR count). The normalized spacial score (nSPS) is 10.2. The van der Waals surface area contributed by atoms with E-state index in [1.54, 1.807) is 4.90 Å². The highest BCUT2D eigenvalue weighted by molar-refractivity contribution is 5.91. The first-order valence-electron chi connectivity index (χ1n) is 5.63. The maximum atomic E-state index is 11.9. The Kier molecular flexibility index (Phi) is 4.68. The van der Waals surface area contributed by atoms with Gasteiger partial charge in [0.1, 0.15) is 4.92 Å². The highest BCUT2D eigenvalue weighted by Crippen LogP contribution is 2.17. The molecule has 0 N–H and O–H groups in total. The van der Waals surface area contributed by atoms with E-state index in [0.717, 1.165) is 12.8 Å². The number of amides is 1. The first-order valence-corrected chi connectivity index (χ1v) is 5.63. The van der Waals surface area contributed by atoms with Gasteiger partial charge in [0.2, 0.25) is 0 Å². The molecular formula is C11H16N2O4. The third kappa shape index (κ3) is 3.30. The molecular weight excluding hydrogens is 224 g/mol. The lowest BCUT2D eigenvalue weighted by Crippen LogP contribution is -2.31. The van der Waals surface area contributed by atoms with Crippen LogP contribution in [0.5, 0.6) is 0 Å². The first kappa shape index (κ1) is 13.2. The Morgan fingerprint density at radius 3 is 2.65 bits per heavy atom. The van der Waals surface area contributed by atoms with Gasteiger partial charge >= 0.3 is 5.88 Å². The van der Waals surface area contributed by atoms with E-state index in [-0.39, 0.29) is 11.7 Å². The fourth-order valence-electron chi connectivity index (χ4n) is 1.45. The number of hydrogen-bond donors (Lipinski definition) is 0. The summed E-state index contributed by atoms with van der Waals surface area (Å²) in [5.74, 6) is -0.677. The van der Waals surface area contributed by atoms with Crippen LogP contribution in [0.4, 0.5) is 5.88 Å². The van der Waals surface area contributed by atoms with Gasteiger partial charge in [0.15, 0.2) is 5.76 Å². The van der Waals surface area contributed by atoms with E-state index in [1.165, 1.54) is 12.1 Å². The number of carbonyl (C=O) groups is 1. The molecule has 0 saturated carbocycles. The summed E-state index contributed by atoms with van der Waals surface area (Å²) < 4.78 is 4.88. The Morgan fingerprint density at radius 1 is 1.47 bits per heavy atom. The highest BCUT2D eigenvalue weighted by Gasteiger charge is 2.21. The summed E-state index contributed by atoms with van der Waals surface area (Å²) in [5, 5.41) is 10.4. The average molecular weight is 240 g/mol. The minimum atomic E-state index is -0.654. The molecule has 17 heavy (non-hydrogen) atoms. The summed E-state index contributed by atoms with van der Waals surface area (Å²) in [5.41, 5.74) is 0. The zero-order valence-electron chi connectivity index (χ0n) is 10.0. The maximum absolute atomic E-state index is 11.9. The first-order chi connectivity index (χ1) is 8.10. The van der Waals surface area contributed by atoms with E-state index >= 15 is 0 Å². The molecule has 6 heteroatoms. The number of furan rings is 1. The topological polar surface area (TPSA) is 76.6 Å². The van der Waals surface area contributed by atoms with Crippen molar-refractivity contribution in [2.75, 3.05) is 13.1 Å². The lowest BCUT2D eigenvalue weighted by atomic mass is 10.3. The fourth-order valence-corrected chi connectivity index (χ4v) is 1.45. The summed E-state index contributed by atoms with van der Waals surface area (Å²) in [6.45, 7) is 5.11. The van der Waals surface area contributed by atoms with Crippen molar-refractivity contribution in [3.63, 3.8) is 0 Å². The number of hydrogen-bond acceptors (Lipinski definition) is 4. The minimum Gasteiger partial charge on any atom is -0.395 e. The number of nitro groups is 1. The van der Waals surface area contributed by atoms with E-state index in [4.69, 9.17) is 4.42 Å². The number of nitrogens with zero attached hydrogens (tertiary/aromatic N) is 2. The van der Waals surface area contributed by atoms with E-state index < -0.39 is 10.8 Å². The molecule has 1 aromatic heterocycles. The summed E-state index contributed by atoms with van der Waals surface area (Å²) in [7, 11) is 0. The SMILES string of the molecule is CCCCN(CC)C(=O)c1ccc([N+](=O)[O-])o1. The van der Waals surface area contributed by atoms with Crippen LogP contribution in [-0.4, -0.2) is 28.8 Å². The molecule has 0 fully saturated rings. The molecule has 1 heterocycles. The Balaban J connectivity index is 2.75. The molecule has 0 spiro atoms. The standard InChI is InChI=1S/C11H16N2O4/c1-3-5-8-12(4-2)11(14)9-6-7-10(17-9)13(15)16/h6-7H,3-5,8H2,1-2H3. The van der Waals surface area contributed by atoms with E-state index in [9.17, 15) is 14.9 Å². The third-order valence-corrected chi connectivity index (χ3v) is 2.43. The molecule has 0 bridgehead atoms. The number of rotatable bonds is 6. The van der Waals surface area contributed by atoms with Gasteiger partial charge in [-0.2, -0.15) is 0 Å². The molecule has 0 aliphatic rings. The van der Waals surface area contributed by atoms with Crippen molar-refractivity contribution in [3.8, 4) is 0 Å². The quantitative estimate of drug-likeness (QED) is 0.565. The predicted octanol–water partition coefficient (Wildman–Crippen LogP) is 2.45. The molecule has 0 unspecified atom stereocenters. The van der Waals surface area contributed by atoms with Crippen molar-refractivity contribution >= 4 is 11.8 Å². The Hall–Kier alpha value is -1.85. The molecule has 94 valence electrons. The lowest BCUT2D eigenvalue weighted by molar-refractivity contribution is -0.402. The minimum absolute atomic E-state index is 0.0228. The van der Waals surface area contributed by atoms with Crippen molar-refractivity contribution in [1.29, 1.82) is 0 Å². The molecule has 0 radical (unpaired) electrons. The molecule has 0 aromatic carbocycles. The van der Waals surface area contributed by atoms with Crippen LogP contribution < -0.4 is 0 Å². The molecule has 0 aliphatic carbocycles. The lowest BCUT2D eigenvalue weighted by Gasteiger charge is -2.18. The van der Waals surface area contributed by atoms with E-state index in [2.05, 4.69) is 0 Å². The molecule has 1 amide bonds. The van der Waals surface area contributed by atoms with Crippen LogP contribution in [0, 0.1) is 10.1 Å². The zero-order chi connectivity index (χ0) is 12.8. The third-order valence-electron chi connectivity index (χ3n) is 2.43. The second-order valence-electron chi connectivity index (χ2n) is 3.63. The van der Waals surface area contributed by atoms with Gasteiger partial charge < -0.3 is 9.32 Å². The van der Waals surface area contributed by atoms with Crippen LogP contribution >= 0.6 is 0 Å². The van der Waals surface area contributed by atoms with Crippen LogP contribution in [-0.2, 0) is 0 Å². The number of carbonyl (C=O) groups excluding carboxylic acids is 1. The molecule has 6 nitrogen and oxygen atoms in total.